The van der Waals surface area contributed by atoms with E-state index in [4.69, 9.17) is 0 Å². The molecule has 0 spiro atoms. The van der Waals surface area contributed by atoms with Crippen molar-refractivity contribution in [3.05, 3.63) is 11.6 Å². The van der Waals surface area contributed by atoms with Crippen LogP contribution in [0, 0.1) is 22.2 Å². The third-order valence-corrected chi connectivity index (χ3v) is 6.14. The number of likely N-dealkylation sites (N-methyl/N-ethyl adjacent to an activating group) is 1. The van der Waals surface area contributed by atoms with Crippen LogP contribution in [0.15, 0.2) is 11.6 Å². The van der Waals surface area contributed by atoms with E-state index in [9.17, 15) is 0 Å². The van der Waals surface area contributed by atoms with E-state index in [1.807, 2.05) is 0 Å². The van der Waals surface area contributed by atoms with Crippen LogP contribution in [0.25, 0.3) is 0 Å². The smallest absolute Gasteiger partial charge is 0.0306 e. The van der Waals surface area contributed by atoms with E-state index in [2.05, 4.69) is 46.1 Å². The molecule has 19 heavy (non-hydrogen) atoms. The van der Waals surface area contributed by atoms with Crippen LogP contribution in [0.1, 0.15) is 66.2 Å². The van der Waals surface area contributed by atoms with Gasteiger partial charge < -0.3 is 5.32 Å². The molecule has 0 saturated heterocycles. The summed E-state index contributed by atoms with van der Waals surface area (Å²) in [5.74, 6) is 0.993. The van der Waals surface area contributed by atoms with Gasteiger partial charge in [0.15, 0.2) is 0 Å². The van der Waals surface area contributed by atoms with E-state index in [-0.39, 0.29) is 0 Å². The van der Waals surface area contributed by atoms with Crippen LogP contribution in [-0.2, 0) is 0 Å². The Bertz CT molecular complexity index is 386. The van der Waals surface area contributed by atoms with Gasteiger partial charge in [0.2, 0.25) is 0 Å². The van der Waals surface area contributed by atoms with Gasteiger partial charge in [0.25, 0.3) is 0 Å². The summed E-state index contributed by atoms with van der Waals surface area (Å²) in [5, 5.41) is 3.65. The molecular formula is C18H31N. The number of rotatable bonds is 3. The molecule has 4 rings (SSSR count). The first-order chi connectivity index (χ1) is 8.78. The lowest BCUT2D eigenvalue weighted by atomic mass is 9.39. The maximum atomic E-state index is 3.65. The van der Waals surface area contributed by atoms with E-state index in [0.29, 0.717) is 22.3 Å². The summed E-state index contributed by atoms with van der Waals surface area (Å²) in [7, 11) is 2.16. The van der Waals surface area contributed by atoms with E-state index in [0.717, 1.165) is 5.92 Å². The van der Waals surface area contributed by atoms with Crippen molar-refractivity contribution in [2.75, 3.05) is 7.05 Å². The lowest BCUT2D eigenvalue weighted by Crippen LogP contribution is -2.60. The van der Waals surface area contributed by atoms with E-state index < -0.39 is 0 Å². The Kier molecular flexibility index (Phi) is 2.95. The number of nitrogens with one attached hydrogen (secondary N) is 1. The molecule has 0 aliphatic heterocycles. The molecule has 0 heterocycles. The molecule has 1 nitrogen and oxygen atoms in total. The Hall–Kier alpha value is -0.300. The summed E-state index contributed by atoms with van der Waals surface area (Å²) in [4.78, 5) is 0. The maximum Gasteiger partial charge on any atom is 0.0306 e. The quantitative estimate of drug-likeness (QED) is 0.736. The molecule has 4 bridgehead atoms. The fourth-order valence-corrected chi connectivity index (χ4v) is 6.78. The highest BCUT2D eigenvalue weighted by atomic mass is 14.9. The Morgan fingerprint density at radius 3 is 2.05 bits per heavy atom. The molecule has 0 aromatic carbocycles. The Balaban J connectivity index is 1.98. The zero-order valence-corrected chi connectivity index (χ0v) is 13.5. The monoisotopic (exact) mass is 261 g/mol. The van der Waals surface area contributed by atoms with Gasteiger partial charge in [-0.25, -0.2) is 0 Å². The summed E-state index contributed by atoms with van der Waals surface area (Å²) in [6, 6.07) is 0.583. The summed E-state index contributed by atoms with van der Waals surface area (Å²) in [5.41, 5.74) is 3.25. The second kappa shape index (κ2) is 4.10. The molecule has 0 aromatic rings. The van der Waals surface area contributed by atoms with Gasteiger partial charge in [0, 0.05) is 6.04 Å². The van der Waals surface area contributed by atoms with Gasteiger partial charge in [0.05, 0.1) is 0 Å². The summed E-state index contributed by atoms with van der Waals surface area (Å²) in [6.07, 6.45) is 11.3. The van der Waals surface area contributed by atoms with Gasteiger partial charge in [0.1, 0.15) is 0 Å². The molecule has 0 aromatic heterocycles. The third-order valence-electron chi connectivity index (χ3n) is 6.14. The molecule has 1 N–H and O–H groups in total. The van der Waals surface area contributed by atoms with Crippen molar-refractivity contribution in [2.24, 2.45) is 22.2 Å². The van der Waals surface area contributed by atoms with Crippen molar-refractivity contribution in [2.45, 2.75) is 72.3 Å². The highest BCUT2D eigenvalue weighted by molar-refractivity contribution is 5.18. The molecule has 0 amide bonds. The fraction of sp³-hybridized carbons (Fsp3) is 0.889. The largest absolute Gasteiger partial charge is 0.313 e. The van der Waals surface area contributed by atoms with Crippen LogP contribution >= 0.6 is 0 Å². The zero-order chi connectivity index (χ0) is 13.9. The SMILES string of the molecule is CNC(C=C(C)C)C12CC3CC(C)(CC(C)(C3)C1)C2. The first-order valence-electron chi connectivity index (χ1n) is 8.11. The second-order valence-corrected chi connectivity index (χ2v) is 9.00. The van der Waals surface area contributed by atoms with Crippen LogP contribution in [0.4, 0.5) is 0 Å². The Morgan fingerprint density at radius 1 is 1.05 bits per heavy atom. The van der Waals surface area contributed by atoms with Crippen molar-refractivity contribution >= 4 is 0 Å². The Labute approximate surface area is 119 Å². The lowest BCUT2D eigenvalue weighted by molar-refractivity contribution is -0.151. The van der Waals surface area contributed by atoms with Crippen LogP contribution in [0.2, 0.25) is 0 Å². The minimum Gasteiger partial charge on any atom is -0.313 e. The third kappa shape index (κ3) is 2.18. The molecule has 4 aliphatic rings. The minimum absolute atomic E-state index is 0.537. The van der Waals surface area contributed by atoms with Crippen molar-refractivity contribution in [1.29, 1.82) is 0 Å². The molecule has 3 atom stereocenters. The maximum absolute atomic E-state index is 3.65. The van der Waals surface area contributed by atoms with Crippen molar-refractivity contribution in [1.82, 2.24) is 5.32 Å². The molecule has 4 saturated carbocycles. The zero-order valence-electron chi connectivity index (χ0n) is 13.5. The molecule has 3 unspecified atom stereocenters. The average molecular weight is 261 g/mol. The number of hydrogen-bond donors (Lipinski definition) is 1. The normalized spacial score (nSPS) is 49.2. The molecular weight excluding hydrogens is 230 g/mol. The lowest BCUT2D eigenvalue weighted by Gasteiger charge is -2.67. The van der Waals surface area contributed by atoms with Crippen LogP contribution < -0.4 is 5.32 Å². The first kappa shape index (κ1) is 13.7. The molecule has 108 valence electrons. The number of hydrogen-bond acceptors (Lipinski definition) is 1. The predicted octanol–water partition coefficient (Wildman–Crippen LogP) is 4.54. The van der Waals surface area contributed by atoms with Crippen LogP contribution in [0.3, 0.4) is 0 Å². The highest BCUT2D eigenvalue weighted by Gasteiger charge is 2.61. The van der Waals surface area contributed by atoms with E-state index >= 15 is 0 Å². The van der Waals surface area contributed by atoms with Gasteiger partial charge in [-0.2, -0.15) is 0 Å². The second-order valence-electron chi connectivity index (χ2n) is 9.00. The van der Waals surface area contributed by atoms with Crippen LogP contribution in [-0.4, -0.2) is 13.1 Å². The average Bonchev–Trinajstić information content (AvgIpc) is 2.20. The summed E-state index contributed by atoms with van der Waals surface area (Å²) < 4.78 is 0. The van der Waals surface area contributed by atoms with Gasteiger partial charge in [-0.1, -0.05) is 25.5 Å². The Morgan fingerprint density at radius 2 is 1.63 bits per heavy atom. The van der Waals surface area contributed by atoms with E-state index in [1.165, 1.54) is 44.1 Å². The number of allylic oxidation sites excluding steroid dienone is 1. The van der Waals surface area contributed by atoms with Crippen molar-refractivity contribution < 1.29 is 0 Å². The minimum atomic E-state index is 0.537. The van der Waals surface area contributed by atoms with Crippen molar-refractivity contribution in [3.63, 3.8) is 0 Å². The predicted molar refractivity (Wildman–Crippen MR) is 82.1 cm³/mol. The van der Waals surface area contributed by atoms with Crippen molar-refractivity contribution in [3.8, 4) is 0 Å². The highest BCUT2D eigenvalue weighted by Crippen LogP contribution is 2.70. The first-order valence-corrected chi connectivity index (χ1v) is 8.11. The van der Waals surface area contributed by atoms with Gasteiger partial charge >= 0.3 is 0 Å². The fourth-order valence-electron chi connectivity index (χ4n) is 6.78. The molecule has 0 radical (unpaired) electrons. The topological polar surface area (TPSA) is 12.0 Å². The molecule has 4 fully saturated rings. The van der Waals surface area contributed by atoms with Crippen LogP contribution in [0.5, 0.6) is 0 Å². The van der Waals surface area contributed by atoms with Gasteiger partial charge in [-0.15, -0.1) is 0 Å². The summed E-state index contributed by atoms with van der Waals surface area (Å²) >= 11 is 0. The van der Waals surface area contributed by atoms with Gasteiger partial charge in [-0.3, -0.25) is 0 Å². The standard InChI is InChI=1S/C18H31N/c1-13(2)6-15(19-5)18-9-14-7-16(3,11-18)10-17(4,8-14)12-18/h6,14-15,19H,7-12H2,1-5H3. The van der Waals surface area contributed by atoms with Gasteiger partial charge in [-0.05, 0) is 81.6 Å². The van der Waals surface area contributed by atoms with E-state index in [1.54, 1.807) is 0 Å². The molecule has 1 heteroatoms. The summed E-state index contributed by atoms with van der Waals surface area (Å²) in [6.45, 7) is 9.63. The molecule has 4 aliphatic carbocycles.